The first kappa shape index (κ1) is 9.96. The Morgan fingerprint density at radius 2 is 2.15 bits per heavy atom. The van der Waals surface area contributed by atoms with Crippen LogP contribution in [-0.4, -0.2) is 11.0 Å². The van der Waals surface area contributed by atoms with Crippen LogP contribution in [0.2, 0.25) is 0 Å². The van der Waals surface area contributed by atoms with E-state index in [1.165, 1.54) is 12.3 Å². The molecule has 0 amide bonds. The average Bonchev–Trinajstić information content (AvgIpc) is 2.14. The normalized spacial score (nSPS) is 10.5. The molecule has 0 atom stereocenters. The number of anilines is 1. The van der Waals surface area contributed by atoms with Gasteiger partial charge in [-0.3, -0.25) is 0 Å². The molecule has 0 aliphatic rings. The van der Waals surface area contributed by atoms with Crippen LogP contribution in [0.25, 0.3) is 0 Å². The molecule has 72 valence electrons. The van der Waals surface area contributed by atoms with Gasteiger partial charge in [-0.1, -0.05) is 13.8 Å². The maximum absolute atomic E-state index is 12.7. The Labute approximate surface area is 78.2 Å². The molecule has 0 fully saturated rings. The highest BCUT2D eigenvalue weighted by atomic mass is 19.1. The Morgan fingerprint density at radius 3 is 2.69 bits per heavy atom. The second-order valence-electron chi connectivity index (χ2n) is 3.02. The smallest absolute Gasteiger partial charge is 0.214 e. The summed E-state index contributed by atoms with van der Waals surface area (Å²) in [5.41, 5.74) is 0.807. The van der Waals surface area contributed by atoms with Crippen molar-refractivity contribution in [1.82, 2.24) is 4.98 Å². The van der Waals surface area contributed by atoms with Crippen LogP contribution < -0.4 is 5.32 Å². The van der Waals surface area contributed by atoms with Crippen LogP contribution in [0.1, 0.15) is 26.7 Å². The Bertz CT molecular complexity index is 259. The van der Waals surface area contributed by atoms with Crippen LogP contribution in [0, 0.1) is 5.95 Å². The SMILES string of the molecule is CCC(CC)Nc1ccnc(F)c1. The molecule has 1 rings (SSSR count). The van der Waals surface area contributed by atoms with E-state index in [4.69, 9.17) is 0 Å². The Kier molecular flexibility index (Phi) is 3.68. The second kappa shape index (κ2) is 4.80. The third-order valence-electron chi connectivity index (χ3n) is 2.08. The summed E-state index contributed by atoms with van der Waals surface area (Å²) < 4.78 is 12.7. The lowest BCUT2D eigenvalue weighted by atomic mass is 10.1. The van der Waals surface area contributed by atoms with E-state index in [2.05, 4.69) is 24.1 Å². The molecule has 0 saturated heterocycles. The number of halogens is 1. The van der Waals surface area contributed by atoms with Crippen molar-refractivity contribution >= 4 is 5.69 Å². The van der Waals surface area contributed by atoms with Crippen molar-refractivity contribution in [3.8, 4) is 0 Å². The van der Waals surface area contributed by atoms with Crippen molar-refractivity contribution in [3.63, 3.8) is 0 Å². The molecule has 3 heteroatoms. The molecule has 0 aromatic carbocycles. The summed E-state index contributed by atoms with van der Waals surface area (Å²) in [6.07, 6.45) is 3.56. The van der Waals surface area contributed by atoms with E-state index in [-0.39, 0.29) is 0 Å². The zero-order chi connectivity index (χ0) is 9.68. The first-order valence-electron chi connectivity index (χ1n) is 4.64. The fourth-order valence-corrected chi connectivity index (χ4v) is 1.22. The van der Waals surface area contributed by atoms with Crippen LogP contribution in [0.4, 0.5) is 10.1 Å². The summed E-state index contributed by atoms with van der Waals surface area (Å²) in [7, 11) is 0. The van der Waals surface area contributed by atoms with Crippen LogP contribution in [0.3, 0.4) is 0 Å². The molecular weight excluding hydrogens is 167 g/mol. The maximum atomic E-state index is 12.7. The molecule has 0 aliphatic carbocycles. The largest absolute Gasteiger partial charge is 0.382 e. The molecule has 1 aromatic rings. The maximum Gasteiger partial charge on any atom is 0.214 e. The van der Waals surface area contributed by atoms with Gasteiger partial charge in [-0.2, -0.15) is 4.39 Å². The first-order chi connectivity index (χ1) is 6.26. The lowest BCUT2D eigenvalue weighted by molar-refractivity contribution is 0.583. The molecule has 1 aromatic heterocycles. The Balaban J connectivity index is 2.62. The third kappa shape index (κ3) is 3.01. The molecule has 0 spiro atoms. The van der Waals surface area contributed by atoms with Gasteiger partial charge in [0.1, 0.15) is 0 Å². The first-order valence-corrected chi connectivity index (χ1v) is 4.64. The van der Waals surface area contributed by atoms with E-state index >= 15 is 0 Å². The number of pyridine rings is 1. The standard InChI is InChI=1S/C10H15FN2/c1-3-8(4-2)13-9-5-6-12-10(11)7-9/h5-8H,3-4H2,1-2H3,(H,12,13). The Hall–Kier alpha value is -1.12. The average molecular weight is 182 g/mol. The minimum absolute atomic E-state index is 0.418. The fraction of sp³-hybridized carbons (Fsp3) is 0.500. The van der Waals surface area contributed by atoms with Crippen molar-refractivity contribution in [3.05, 3.63) is 24.3 Å². The molecule has 1 heterocycles. The number of rotatable bonds is 4. The van der Waals surface area contributed by atoms with Crippen molar-refractivity contribution < 1.29 is 4.39 Å². The van der Waals surface area contributed by atoms with E-state index in [9.17, 15) is 4.39 Å². The minimum atomic E-state index is -0.434. The van der Waals surface area contributed by atoms with E-state index in [1.807, 2.05) is 0 Å². The van der Waals surface area contributed by atoms with E-state index in [1.54, 1.807) is 6.07 Å². The van der Waals surface area contributed by atoms with Gasteiger partial charge in [0.25, 0.3) is 0 Å². The van der Waals surface area contributed by atoms with Gasteiger partial charge in [0.05, 0.1) is 0 Å². The monoisotopic (exact) mass is 182 g/mol. The molecular formula is C10H15FN2. The quantitative estimate of drug-likeness (QED) is 0.724. The van der Waals surface area contributed by atoms with Gasteiger partial charge in [0.15, 0.2) is 0 Å². The molecule has 2 nitrogen and oxygen atoms in total. The van der Waals surface area contributed by atoms with Gasteiger partial charge in [-0.15, -0.1) is 0 Å². The zero-order valence-corrected chi connectivity index (χ0v) is 8.05. The highest BCUT2D eigenvalue weighted by Gasteiger charge is 2.03. The van der Waals surface area contributed by atoms with E-state index < -0.39 is 5.95 Å². The van der Waals surface area contributed by atoms with E-state index in [0.717, 1.165) is 18.5 Å². The zero-order valence-electron chi connectivity index (χ0n) is 8.05. The van der Waals surface area contributed by atoms with Gasteiger partial charge in [-0.25, -0.2) is 4.98 Å². The van der Waals surface area contributed by atoms with E-state index in [0.29, 0.717) is 6.04 Å². The summed E-state index contributed by atoms with van der Waals surface area (Å²) in [5.74, 6) is -0.434. The van der Waals surface area contributed by atoms with Crippen LogP contribution in [-0.2, 0) is 0 Å². The highest BCUT2D eigenvalue weighted by Crippen LogP contribution is 2.11. The van der Waals surface area contributed by atoms with Gasteiger partial charge in [-0.05, 0) is 18.9 Å². The molecule has 1 N–H and O–H groups in total. The van der Waals surface area contributed by atoms with Gasteiger partial charge < -0.3 is 5.32 Å². The van der Waals surface area contributed by atoms with Crippen molar-refractivity contribution in [2.75, 3.05) is 5.32 Å². The number of nitrogens with one attached hydrogen (secondary N) is 1. The Morgan fingerprint density at radius 1 is 1.46 bits per heavy atom. The van der Waals surface area contributed by atoms with Crippen molar-refractivity contribution in [1.29, 1.82) is 0 Å². The number of hydrogen-bond acceptors (Lipinski definition) is 2. The molecule has 0 bridgehead atoms. The van der Waals surface area contributed by atoms with Crippen molar-refractivity contribution in [2.45, 2.75) is 32.7 Å². The lowest BCUT2D eigenvalue weighted by Crippen LogP contribution is -2.16. The van der Waals surface area contributed by atoms with Gasteiger partial charge in [0, 0.05) is 24.0 Å². The number of hydrogen-bond donors (Lipinski definition) is 1. The summed E-state index contributed by atoms with van der Waals surface area (Å²) in [5, 5.41) is 3.24. The molecule has 0 radical (unpaired) electrons. The third-order valence-corrected chi connectivity index (χ3v) is 2.08. The predicted molar refractivity (Wildman–Crippen MR) is 52.2 cm³/mol. The molecule has 0 saturated carbocycles. The second-order valence-corrected chi connectivity index (χ2v) is 3.02. The fourth-order valence-electron chi connectivity index (χ4n) is 1.22. The number of nitrogens with zero attached hydrogens (tertiary/aromatic N) is 1. The lowest BCUT2D eigenvalue weighted by Gasteiger charge is -2.15. The summed E-state index contributed by atoms with van der Waals surface area (Å²) in [6, 6.07) is 3.61. The van der Waals surface area contributed by atoms with Crippen LogP contribution >= 0.6 is 0 Å². The highest BCUT2D eigenvalue weighted by molar-refractivity contribution is 5.42. The minimum Gasteiger partial charge on any atom is -0.382 e. The van der Waals surface area contributed by atoms with Crippen LogP contribution in [0.15, 0.2) is 18.3 Å². The van der Waals surface area contributed by atoms with Crippen molar-refractivity contribution in [2.24, 2.45) is 0 Å². The predicted octanol–water partition coefficient (Wildman–Crippen LogP) is 2.82. The van der Waals surface area contributed by atoms with Gasteiger partial charge >= 0.3 is 0 Å². The molecule has 0 unspecified atom stereocenters. The van der Waals surface area contributed by atoms with Crippen LogP contribution in [0.5, 0.6) is 0 Å². The summed E-state index contributed by atoms with van der Waals surface area (Å²) >= 11 is 0. The van der Waals surface area contributed by atoms with Gasteiger partial charge in [0.2, 0.25) is 5.95 Å². The molecule has 13 heavy (non-hydrogen) atoms. The molecule has 0 aliphatic heterocycles. The topological polar surface area (TPSA) is 24.9 Å². The number of aromatic nitrogens is 1. The summed E-state index contributed by atoms with van der Waals surface area (Å²) in [4.78, 5) is 3.49. The summed E-state index contributed by atoms with van der Waals surface area (Å²) in [6.45, 7) is 4.22.